The first-order chi connectivity index (χ1) is 7.06. The molecule has 2 N–H and O–H groups in total. The minimum absolute atomic E-state index is 0.0268. The number of carboxylic acid groups (broad SMARTS) is 1. The third-order valence-electron chi connectivity index (χ3n) is 1.39. The zero-order chi connectivity index (χ0) is 11.7. The molecule has 0 aromatic carbocycles. The summed E-state index contributed by atoms with van der Waals surface area (Å²) in [4.78, 5) is 21.1. The van der Waals surface area contributed by atoms with E-state index in [0.717, 1.165) is 0 Å². The molecule has 0 aliphatic carbocycles. The van der Waals surface area contributed by atoms with E-state index < -0.39 is 22.7 Å². The minimum atomic E-state index is -1.45. The van der Waals surface area contributed by atoms with E-state index in [-0.39, 0.29) is 30.9 Å². The Morgan fingerprint density at radius 2 is 2.13 bits per heavy atom. The average Bonchev–Trinajstić information content (AvgIpc) is 2.15. The number of hydrogen-bond donors (Lipinski definition) is 2. The lowest BCUT2D eigenvalue weighted by Gasteiger charge is -2.01. The van der Waals surface area contributed by atoms with Crippen LogP contribution in [0.5, 0.6) is 0 Å². The summed E-state index contributed by atoms with van der Waals surface area (Å²) >= 11 is 0. The van der Waals surface area contributed by atoms with Gasteiger partial charge in [0.05, 0.1) is 18.9 Å². The van der Waals surface area contributed by atoms with Crippen LogP contribution in [0.3, 0.4) is 0 Å². The highest BCUT2D eigenvalue weighted by atomic mass is 32.2. The lowest BCUT2D eigenvalue weighted by molar-refractivity contribution is -0.136. The van der Waals surface area contributed by atoms with Crippen molar-refractivity contribution in [2.75, 3.05) is 18.1 Å². The van der Waals surface area contributed by atoms with Crippen LogP contribution in [0.15, 0.2) is 0 Å². The predicted octanol–water partition coefficient (Wildman–Crippen LogP) is -0.760. The number of aliphatic carboxylic acids is 1. The molecule has 0 aromatic rings. The quantitative estimate of drug-likeness (QED) is 0.561. The van der Waals surface area contributed by atoms with Crippen LogP contribution in [0, 0.1) is 11.3 Å². The molecule has 0 aliphatic heterocycles. The smallest absolute Gasteiger partial charge is 0.304 e. The van der Waals surface area contributed by atoms with Gasteiger partial charge in [-0.1, -0.05) is 0 Å². The van der Waals surface area contributed by atoms with Crippen LogP contribution in [0.25, 0.3) is 0 Å². The van der Waals surface area contributed by atoms with Crippen LogP contribution in [-0.4, -0.2) is 39.2 Å². The molecular weight excluding hydrogens is 220 g/mol. The van der Waals surface area contributed by atoms with E-state index in [9.17, 15) is 13.8 Å². The van der Waals surface area contributed by atoms with Crippen molar-refractivity contribution in [3.63, 3.8) is 0 Å². The number of rotatable bonds is 7. The van der Waals surface area contributed by atoms with Crippen molar-refractivity contribution in [3.8, 4) is 6.07 Å². The number of carboxylic acids is 1. The highest BCUT2D eigenvalue weighted by molar-refractivity contribution is 7.85. The molecular formula is C8H12N2O4S. The fourth-order valence-corrected chi connectivity index (χ4v) is 1.67. The van der Waals surface area contributed by atoms with Gasteiger partial charge in [0.25, 0.3) is 0 Å². The molecule has 0 radical (unpaired) electrons. The van der Waals surface area contributed by atoms with Crippen molar-refractivity contribution in [1.82, 2.24) is 5.32 Å². The number of nitrogens with one attached hydrogen (secondary N) is 1. The van der Waals surface area contributed by atoms with Crippen molar-refractivity contribution < 1.29 is 18.9 Å². The van der Waals surface area contributed by atoms with Gasteiger partial charge >= 0.3 is 5.97 Å². The molecule has 0 heterocycles. The molecule has 0 saturated heterocycles. The molecule has 0 spiro atoms. The number of carbonyl (C=O) groups excluding carboxylic acids is 1. The summed E-state index contributed by atoms with van der Waals surface area (Å²) in [6.07, 6.45) is -0.00835. The Bertz CT molecular complexity index is 298. The van der Waals surface area contributed by atoms with E-state index in [1.54, 1.807) is 0 Å². The third kappa shape index (κ3) is 8.90. The largest absolute Gasteiger partial charge is 0.481 e. The fourth-order valence-electron chi connectivity index (χ4n) is 0.728. The van der Waals surface area contributed by atoms with Crippen LogP contribution >= 0.6 is 0 Å². The van der Waals surface area contributed by atoms with Gasteiger partial charge < -0.3 is 10.4 Å². The van der Waals surface area contributed by atoms with Gasteiger partial charge in [0, 0.05) is 23.1 Å². The average molecular weight is 232 g/mol. The van der Waals surface area contributed by atoms with Crippen LogP contribution in [0.2, 0.25) is 0 Å². The third-order valence-corrected chi connectivity index (χ3v) is 2.64. The van der Waals surface area contributed by atoms with E-state index in [1.807, 2.05) is 6.07 Å². The van der Waals surface area contributed by atoms with Gasteiger partial charge in [-0.25, -0.2) is 0 Å². The minimum Gasteiger partial charge on any atom is -0.481 e. The van der Waals surface area contributed by atoms with Gasteiger partial charge in [0.2, 0.25) is 5.91 Å². The fraction of sp³-hybridized carbons (Fsp3) is 0.625. The molecule has 0 fully saturated rings. The SMILES string of the molecule is N#CCCNC(=O)CS(=O)CCC(=O)O. The predicted molar refractivity (Wildman–Crippen MR) is 53.4 cm³/mol. The maximum Gasteiger partial charge on any atom is 0.304 e. The highest BCUT2D eigenvalue weighted by Crippen LogP contribution is 1.88. The monoisotopic (exact) mass is 232 g/mol. The molecule has 1 amide bonds. The number of amides is 1. The molecule has 84 valence electrons. The molecule has 6 nitrogen and oxygen atoms in total. The number of hydrogen-bond acceptors (Lipinski definition) is 4. The van der Waals surface area contributed by atoms with Crippen molar-refractivity contribution in [2.24, 2.45) is 0 Å². The van der Waals surface area contributed by atoms with E-state index in [1.165, 1.54) is 0 Å². The van der Waals surface area contributed by atoms with E-state index in [2.05, 4.69) is 5.32 Å². The van der Waals surface area contributed by atoms with Gasteiger partial charge in [-0.3, -0.25) is 13.8 Å². The maximum absolute atomic E-state index is 11.1. The normalized spacial score (nSPS) is 11.4. The lowest BCUT2D eigenvalue weighted by atomic mass is 10.4. The molecule has 0 aromatic heterocycles. The molecule has 7 heteroatoms. The Morgan fingerprint density at radius 3 is 2.67 bits per heavy atom. The van der Waals surface area contributed by atoms with E-state index in [0.29, 0.717) is 0 Å². The summed E-state index contributed by atoms with van der Waals surface area (Å²) in [5, 5.41) is 18.9. The van der Waals surface area contributed by atoms with Gasteiger partial charge in [0.15, 0.2) is 0 Å². The summed E-state index contributed by atoms with van der Waals surface area (Å²) in [5.74, 6) is -1.69. The van der Waals surface area contributed by atoms with Crippen molar-refractivity contribution >= 4 is 22.7 Å². The molecule has 1 atom stereocenters. The van der Waals surface area contributed by atoms with Crippen molar-refractivity contribution in [1.29, 1.82) is 5.26 Å². The van der Waals surface area contributed by atoms with E-state index in [4.69, 9.17) is 10.4 Å². The second kappa shape index (κ2) is 7.94. The summed E-state index contributed by atoms with van der Waals surface area (Å²) in [6, 6.07) is 1.85. The molecule has 0 saturated carbocycles. The highest BCUT2D eigenvalue weighted by Gasteiger charge is 2.08. The molecule has 0 aliphatic rings. The van der Waals surface area contributed by atoms with Crippen LogP contribution in [0.1, 0.15) is 12.8 Å². The maximum atomic E-state index is 11.1. The summed E-state index contributed by atoms with van der Waals surface area (Å²) in [5.41, 5.74) is 0. The zero-order valence-corrected chi connectivity index (χ0v) is 8.88. The second-order valence-corrected chi connectivity index (χ2v) is 4.27. The zero-order valence-electron chi connectivity index (χ0n) is 8.06. The van der Waals surface area contributed by atoms with Crippen molar-refractivity contribution in [3.05, 3.63) is 0 Å². The first-order valence-electron chi connectivity index (χ1n) is 4.26. The first-order valence-corrected chi connectivity index (χ1v) is 5.75. The molecule has 1 unspecified atom stereocenters. The molecule has 0 rings (SSSR count). The van der Waals surface area contributed by atoms with E-state index >= 15 is 0 Å². The molecule has 15 heavy (non-hydrogen) atoms. The Morgan fingerprint density at radius 1 is 1.47 bits per heavy atom. The van der Waals surface area contributed by atoms with Gasteiger partial charge in [-0.2, -0.15) is 5.26 Å². The number of nitrogens with zero attached hydrogens (tertiary/aromatic N) is 1. The molecule has 0 bridgehead atoms. The van der Waals surface area contributed by atoms with Gasteiger partial charge in [-0.15, -0.1) is 0 Å². The lowest BCUT2D eigenvalue weighted by Crippen LogP contribution is -2.29. The summed E-state index contributed by atoms with van der Waals surface area (Å²) in [7, 11) is -1.45. The van der Waals surface area contributed by atoms with Crippen LogP contribution < -0.4 is 5.32 Å². The van der Waals surface area contributed by atoms with Gasteiger partial charge in [0.1, 0.15) is 5.75 Å². The Kier molecular flexibility index (Phi) is 7.18. The Labute approximate surface area is 89.7 Å². The van der Waals surface area contributed by atoms with Crippen LogP contribution in [-0.2, 0) is 20.4 Å². The standard InChI is InChI=1S/C8H12N2O4S/c9-3-1-4-10-7(11)6-15(14)5-2-8(12)13/h1-2,4-6H2,(H,10,11)(H,12,13). The summed E-state index contributed by atoms with van der Waals surface area (Å²) < 4.78 is 11.1. The van der Waals surface area contributed by atoms with Gasteiger partial charge in [-0.05, 0) is 0 Å². The topological polar surface area (TPSA) is 107 Å². The summed E-state index contributed by atoms with van der Waals surface area (Å²) in [6.45, 7) is 0.228. The van der Waals surface area contributed by atoms with Crippen LogP contribution in [0.4, 0.5) is 0 Å². The van der Waals surface area contributed by atoms with Crippen molar-refractivity contribution in [2.45, 2.75) is 12.8 Å². The first kappa shape index (κ1) is 13.6. The Balaban J connectivity index is 3.63. The number of carbonyl (C=O) groups is 2. The number of nitriles is 1. The second-order valence-electron chi connectivity index (χ2n) is 2.69. The Hall–Kier alpha value is -1.42.